The van der Waals surface area contributed by atoms with Crippen LogP contribution >= 0.6 is 0 Å². The molecule has 0 aliphatic rings. The molecule has 0 spiro atoms. The van der Waals surface area contributed by atoms with Gasteiger partial charge in [-0.2, -0.15) is 0 Å². The molecule has 8 amide bonds. The van der Waals surface area contributed by atoms with E-state index < -0.39 is 127 Å². The number of nitrogens with zero attached hydrogens (tertiary/aromatic N) is 3. The number of likely N-dealkylation sites (N-methyl/N-ethyl adjacent to an activating group) is 1. The minimum atomic E-state index is -1.77. The van der Waals surface area contributed by atoms with E-state index in [0.29, 0.717) is 6.42 Å². The van der Waals surface area contributed by atoms with Crippen LogP contribution in [0.3, 0.4) is 0 Å². The third kappa shape index (κ3) is 23.0. The number of guanidine groups is 2. The predicted molar refractivity (Wildman–Crippen MR) is 240 cm³/mol. The summed E-state index contributed by atoms with van der Waals surface area (Å²) in [5, 5.41) is 45.0. The van der Waals surface area contributed by atoms with Gasteiger partial charge in [-0.1, -0.05) is 0 Å². The molecule has 0 bridgehead atoms. The highest BCUT2D eigenvalue weighted by molar-refractivity contribution is 5.98. The second-order valence-corrected chi connectivity index (χ2v) is 15.6. The number of aliphatic carboxylic acids is 1. The maximum atomic E-state index is 14.1. The minimum Gasteiger partial charge on any atom is -0.480 e. The predicted octanol–water partition coefficient (Wildman–Crippen LogP) is -7.56. The molecule has 0 aliphatic heterocycles. The van der Waals surface area contributed by atoms with Crippen molar-refractivity contribution in [3.63, 3.8) is 0 Å². The van der Waals surface area contributed by atoms with E-state index in [0.717, 1.165) is 11.8 Å². The summed E-state index contributed by atoms with van der Waals surface area (Å²) in [6.07, 6.45) is -3.20. The summed E-state index contributed by atoms with van der Waals surface area (Å²) in [5.41, 5.74) is 38.0. The molecule has 0 rings (SSSR count). The van der Waals surface area contributed by atoms with Crippen molar-refractivity contribution in [2.75, 3.05) is 26.7 Å². The zero-order valence-electron chi connectivity index (χ0n) is 38.2. The van der Waals surface area contributed by atoms with Crippen LogP contribution in [0.5, 0.6) is 0 Å². The summed E-state index contributed by atoms with van der Waals surface area (Å²) < 4.78 is 0. The summed E-state index contributed by atoms with van der Waals surface area (Å²) in [6, 6.07) is -11.6. The number of nitrogens with one attached hydrogen (secondary N) is 6. The molecule has 376 valence electrons. The lowest BCUT2D eigenvalue weighted by atomic mass is 10.0. The lowest BCUT2D eigenvalue weighted by Crippen LogP contribution is -2.62. The van der Waals surface area contributed by atoms with Gasteiger partial charge in [-0.15, -0.1) is 0 Å². The monoisotopic (exact) mass is 945 g/mol. The minimum absolute atomic E-state index is 0.0146. The van der Waals surface area contributed by atoms with E-state index in [1.807, 2.05) is 0 Å². The number of rotatable bonds is 32. The van der Waals surface area contributed by atoms with E-state index in [1.165, 1.54) is 27.8 Å². The van der Waals surface area contributed by atoms with Crippen LogP contribution in [0, 0.1) is 0 Å². The summed E-state index contributed by atoms with van der Waals surface area (Å²) in [4.78, 5) is 126. The second kappa shape index (κ2) is 30.7. The van der Waals surface area contributed by atoms with Gasteiger partial charge >= 0.3 is 5.97 Å². The van der Waals surface area contributed by atoms with Gasteiger partial charge in [0.25, 0.3) is 0 Å². The van der Waals surface area contributed by atoms with E-state index in [9.17, 15) is 58.5 Å². The number of carboxylic acids is 1. The fraction of sp³-hybridized carbons (Fsp3) is 0.711. The summed E-state index contributed by atoms with van der Waals surface area (Å²) >= 11 is 0. The molecule has 0 saturated carbocycles. The fourth-order valence-electron chi connectivity index (χ4n) is 5.98. The van der Waals surface area contributed by atoms with Crippen LogP contribution in [-0.4, -0.2) is 173 Å². The molecule has 0 heterocycles. The van der Waals surface area contributed by atoms with Crippen molar-refractivity contribution in [2.24, 2.45) is 50.1 Å². The van der Waals surface area contributed by atoms with E-state index in [2.05, 4.69) is 41.9 Å². The number of carbonyl (C=O) groups is 9. The Labute approximate surface area is 382 Å². The van der Waals surface area contributed by atoms with Crippen molar-refractivity contribution in [3.8, 4) is 0 Å². The molecule has 0 radical (unpaired) electrons. The molecule has 23 N–H and O–H groups in total. The van der Waals surface area contributed by atoms with E-state index in [1.54, 1.807) is 0 Å². The molecular weight excluding hydrogens is 873 g/mol. The van der Waals surface area contributed by atoms with Crippen molar-refractivity contribution in [1.82, 2.24) is 36.8 Å². The van der Waals surface area contributed by atoms with Crippen molar-refractivity contribution in [3.05, 3.63) is 0 Å². The molecule has 0 fully saturated rings. The Bertz CT molecular complexity index is 1700. The third-order valence-electron chi connectivity index (χ3n) is 9.77. The molecule has 0 aromatic rings. The topological polar surface area (TPSA) is 497 Å². The van der Waals surface area contributed by atoms with E-state index in [-0.39, 0.29) is 70.1 Å². The molecule has 0 aromatic carbocycles. The van der Waals surface area contributed by atoms with Crippen LogP contribution in [0.25, 0.3) is 0 Å². The lowest BCUT2D eigenvalue weighted by molar-refractivity contribution is -0.145. The molecule has 28 heteroatoms. The maximum absolute atomic E-state index is 14.1. The molecule has 66 heavy (non-hydrogen) atoms. The van der Waals surface area contributed by atoms with Crippen LogP contribution in [0.1, 0.15) is 85.5 Å². The number of hydrogen-bond donors (Lipinski definition) is 16. The van der Waals surface area contributed by atoms with Gasteiger partial charge in [-0.25, -0.2) is 4.79 Å². The number of carbonyl (C=O) groups excluding carboxylic acids is 8. The Morgan fingerprint density at radius 2 is 1.03 bits per heavy atom. The van der Waals surface area contributed by atoms with Gasteiger partial charge in [-0.05, 0) is 85.6 Å². The van der Waals surface area contributed by atoms with Crippen LogP contribution in [0.4, 0.5) is 0 Å². The Hall–Kier alpha value is -6.39. The highest BCUT2D eigenvalue weighted by atomic mass is 16.4. The smallest absolute Gasteiger partial charge is 0.326 e. The van der Waals surface area contributed by atoms with Crippen molar-refractivity contribution >= 4 is 65.1 Å². The Balaban J connectivity index is 6.44. The summed E-state index contributed by atoms with van der Waals surface area (Å²) in [5.74, 6) is -9.29. The molecule has 0 aromatic heterocycles. The number of aliphatic hydroxyl groups is 2. The number of hydrogen-bond acceptors (Lipinski definition) is 15. The summed E-state index contributed by atoms with van der Waals surface area (Å²) in [7, 11) is 1.20. The second-order valence-electron chi connectivity index (χ2n) is 15.6. The first-order valence-electron chi connectivity index (χ1n) is 21.3. The lowest BCUT2D eigenvalue weighted by Gasteiger charge is -2.33. The van der Waals surface area contributed by atoms with Gasteiger partial charge in [0.1, 0.15) is 42.3 Å². The average molecular weight is 945 g/mol. The molecule has 0 saturated heterocycles. The first-order valence-corrected chi connectivity index (χ1v) is 21.3. The van der Waals surface area contributed by atoms with Gasteiger partial charge < -0.3 is 92.3 Å². The number of nitrogens with two attached hydrogens (primary N) is 7. The van der Waals surface area contributed by atoms with Crippen molar-refractivity contribution in [1.29, 1.82) is 0 Å². The molecular formula is C38H72N16O12. The number of unbranched alkanes of at least 4 members (excludes halogenated alkanes) is 1. The van der Waals surface area contributed by atoms with Crippen LogP contribution in [0.2, 0.25) is 0 Å². The normalized spacial score (nSPS) is 15.5. The number of aliphatic hydroxyl groups excluding tert-OH is 2. The Morgan fingerprint density at radius 3 is 1.48 bits per heavy atom. The highest BCUT2D eigenvalue weighted by Gasteiger charge is 2.38. The largest absolute Gasteiger partial charge is 0.480 e. The third-order valence-corrected chi connectivity index (χ3v) is 9.77. The van der Waals surface area contributed by atoms with Gasteiger partial charge in [0.15, 0.2) is 11.9 Å². The van der Waals surface area contributed by atoms with Gasteiger partial charge in [0.05, 0.1) is 18.2 Å². The van der Waals surface area contributed by atoms with Crippen molar-refractivity contribution < 1.29 is 58.5 Å². The van der Waals surface area contributed by atoms with Crippen molar-refractivity contribution in [2.45, 2.75) is 146 Å². The molecule has 0 unspecified atom stereocenters. The van der Waals surface area contributed by atoms with Crippen LogP contribution < -0.4 is 72.0 Å². The highest BCUT2D eigenvalue weighted by Crippen LogP contribution is 2.14. The molecule has 0 aliphatic carbocycles. The van der Waals surface area contributed by atoms with Gasteiger partial charge in [0, 0.05) is 26.6 Å². The van der Waals surface area contributed by atoms with Crippen LogP contribution in [-0.2, 0) is 43.2 Å². The van der Waals surface area contributed by atoms with E-state index in [4.69, 9.17) is 40.1 Å². The first-order chi connectivity index (χ1) is 30.7. The SMILES string of the molecule is C[C@H](N)C(=O)N[C@@H](CCCN=C(N)N)C(=O)N[C@H](C(=O)N(C)[C@@H](CCCCN)C(=O)N[C@@H](CCC(N)=O)C(=O)N[C@H](C(=O)N[C@@H](C)C(=O)N[C@@H](CCCN=C(N)N)C(=O)O)[C@@H](C)O)[C@@H](C)O. The van der Waals surface area contributed by atoms with Gasteiger partial charge in [0.2, 0.25) is 47.3 Å². The number of amides is 8. The first kappa shape index (κ1) is 59.6. The number of carboxylic acid groups (broad SMARTS) is 1. The zero-order valence-corrected chi connectivity index (χ0v) is 38.2. The van der Waals surface area contributed by atoms with Crippen LogP contribution in [0.15, 0.2) is 9.98 Å². The zero-order chi connectivity index (χ0) is 50.8. The maximum Gasteiger partial charge on any atom is 0.326 e. The molecule has 10 atom stereocenters. The van der Waals surface area contributed by atoms with E-state index >= 15 is 0 Å². The Kier molecular flexibility index (Phi) is 27.7. The fourth-order valence-corrected chi connectivity index (χ4v) is 5.98. The van der Waals surface area contributed by atoms with Gasteiger partial charge in [-0.3, -0.25) is 48.3 Å². The number of aliphatic imine (C=N–C) groups is 2. The molecule has 28 nitrogen and oxygen atoms in total. The number of primary amides is 1. The summed E-state index contributed by atoms with van der Waals surface area (Å²) in [6.45, 7) is 5.31. The standard InChI is InChI=1S/C38H72N16O12/c1-18(40)29(58)49-22(10-8-16-46-37(42)43)31(60)53-28(21(4)56)35(64)54(5)25(12-6-7-15-39)33(62)50-23(13-14-26(41)57)32(61)52-27(20(3)55)34(63)48-19(2)30(59)51-24(36(65)66)11-9-17-47-38(44)45/h18-25,27-28,55-56H,6-17,39-40H2,1-5H3,(H2,41,57)(H,48,63)(H,49,58)(H,50,62)(H,51,59)(H,52,61)(H,53,60)(H,65,66)(H4,42,43,46)(H4,44,45,47)/t18-,19-,20+,21+,22-,23-,24-,25-,27-,28-/m0/s1. The Morgan fingerprint density at radius 1 is 0.561 bits per heavy atom. The quantitative estimate of drug-likeness (QED) is 0.0169. The average Bonchev–Trinajstić information content (AvgIpc) is 3.22.